The van der Waals surface area contributed by atoms with Crippen molar-refractivity contribution >= 4 is 6.03 Å². The molecule has 0 saturated heterocycles. The van der Waals surface area contributed by atoms with Crippen LogP contribution in [0.3, 0.4) is 0 Å². The molecular formula is C21H30N2O2. The van der Waals surface area contributed by atoms with Crippen LogP contribution in [0.25, 0.3) is 0 Å². The topological polar surface area (TPSA) is 50.4 Å². The van der Waals surface area contributed by atoms with Gasteiger partial charge in [0.15, 0.2) is 0 Å². The number of urea groups is 1. The summed E-state index contributed by atoms with van der Waals surface area (Å²) in [4.78, 5) is 12.2. The van der Waals surface area contributed by atoms with Crippen molar-refractivity contribution in [2.45, 2.75) is 44.9 Å². The zero-order valence-electron chi connectivity index (χ0n) is 15.2. The Hall–Kier alpha value is -1.71. The van der Waals surface area contributed by atoms with E-state index in [1.165, 1.54) is 44.1 Å². The van der Waals surface area contributed by atoms with Crippen LogP contribution in [0.1, 0.15) is 44.1 Å². The molecule has 136 valence electrons. The first-order chi connectivity index (χ1) is 12.1. The lowest BCUT2D eigenvalue weighted by molar-refractivity contribution is -0.0498. The second-order valence-corrected chi connectivity index (χ2v) is 8.63. The number of ether oxygens (including phenoxy) is 1. The highest BCUT2D eigenvalue weighted by molar-refractivity contribution is 5.73. The van der Waals surface area contributed by atoms with Crippen molar-refractivity contribution < 1.29 is 9.53 Å². The first-order valence-corrected chi connectivity index (χ1v) is 9.79. The Morgan fingerprint density at radius 2 is 1.64 bits per heavy atom. The van der Waals surface area contributed by atoms with Crippen LogP contribution in [0.2, 0.25) is 0 Å². The average Bonchev–Trinajstić information content (AvgIpc) is 2.60. The lowest BCUT2D eigenvalue weighted by atomic mass is 9.49. The van der Waals surface area contributed by atoms with E-state index in [4.69, 9.17) is 4.74 Å². The molecule has 4 nitrogen and oxygen atoms in total. The van der Waals surface area contributed by atoms with Gasteiger partial charge >= 0.3 is 6.03 Å². The zero-order chi connectivity index (χ0) is 17.3. The molecule has 4 heteroatoms. The third-order valence-corrected chi connectivity index (χ3v) is 6.65. The van der Waals surface area contributed by atoms with E-state index in [0.29, 0.717) is 12.0 Å². The van der Waals surface area contributed by atoms with E-state index in [1.807, 2.05) is 24.3 Å². The van der Waals surface area contributed by atoms with Gasteiger partial charge in [-0.2, -0.15) is 0 Å². The lowest BCUT2D eigenvalue weighted by Gasteiger charge is -2.56. The van der Waals surface area contributed by atoms with Gasteiger partial charge in [-0.15, -0.1) is 0 Å². The van der Waals surface area contributed by atoms with Gasteiger partial charge in [-0.05, 0) is 85.8 Å². The Morgan fingerprint density at radius 1 is 1.04 bits per heavy atom. The minimum Gasteiger partial charge on any atom is -0.497 e. The van der Waals surface area contributed by atoms with Crippen LogP contribution in [-0.4, -0.2) is 26.2 Å². The largest absolute Gasteiger partial charge is 0.497 e. The van der Waals surface area contributed by atoms with Crippen molar-refractivity contribution in [3.05, 3.63) is 29.8 Å². The number of rotatable bonds is 6. The van der Waals surface area contributed by atoms with Gasteiger partial charge in [-0.25, -0.2) is 4.79 Å². The summed E-state index contributed by atoms with van der Waals surface area (Å²) >= 11 is 0. The van der Waals surface area contributed by atoms with Crippen LogP contribution in [0, 0.1) is 23.2 Å². The fourth-order valence-corrected chi connectivity index (χ4v) is 5.95. The van der Waals surface area contributed by atoms with E-state index in [2.05, 4.69) is 10.6 Å². The molecule has 0 aliphatic heterocycles. The average molecular weight is 342 g/mol. The maximum Gasteiger partial charge on any atom is 0.314 e. The standard InChI is InChI=1S/C21H30N2O2/c1-25-19-4-2-15(3-5-19)6-7-22-20(24)23-14-21-11-16-8-17(12-21)10-18(9-16)13-21/h2-5,16-18H,6-14H2,1H3,(H2,22,23,24). The molecule has 4 aliphatic carbocycles. The van der Waals surface area contributed by atoms with Crippen LogP contribution in [-0.2, 0) is 6.42 Å². The highest BCUT2D eigenvalue weighted by atomic mass is 16.5. The highest BCUT2D eigenvalue weighted by Crippen LogP contribution is 2.59. The maximum atomic E-state index is 12.2. The minimum absolute atomic E-state index is 0.00995. The first-order valence-electron chi connectivity index (χ1n) is 9.79. The molecule has 4 aliphatic rings. The van der Waals surface area contributed by atoms with Gasteiger partial charge < -0.3 is 15.4 Å². The van der Waals surface area contributed by atoms with Crippen LogP contribution in [0.5, 0.6) is 5.75 Å². The summed E-state index contributed by atoms with van der Waals surface area (Å²) in [5.41, 5.74) is 1.62. The van der Waals surface area contributed by atoms with Gasteiger partial charge in [-0.1, -0.05) is 12.1 Å². The Labute approximate surface area is 150 Å². The van der Waals surface area contributed by atoms with Crippen molar-refractivity contribution in [3.63, 3.8) is 0 Å². The van der Waals surface area contributed by atoms with Crippen molar-refractivity contribution in [1.29, 1.82) is 0 Å². The molecule has 0 atom stereocenters. The molecule has 4 fully saturated rings. The lowest BCUT2D eigenvalue weighted by Crippen LogP contribution is -2.52. The molecule has 5 rings (SSSR count). The fourth-order valence-electron chi connectivity index (χ4n) is 5.95. The summed E-state index contributed by atoms with van der Waals surface area (Å²) in [6.07, 6.45) is 9.21. The van der Waals surface area contributed by atoms with E-state index in [0.717, 1.165) is 36.5 Å². The van der Waals surface area contributed by atoms with Crippen molar-refractivity contribution in [2.24, 2.45) is 23.2 Å². The molecule has 4 saturated carbocycles. The van der Waals surface area contributed by atoms with Gasteiger partial charge in [-0.3, -0.25) is 0 Å². The zero-order valence-corrected chi connectivity index (χ0v) is 15.2. The molecule has 2 amide bonds. The first kappa shape index (κ1) is 16.7. The predicted molar refractivity (Wildman–Crippen MR) is 98.7 cm³/mol. The highest BCUT2D eigenvalue weighted by Gasteiger charge is 2.50. The van der Waals surface area contributed by atoms with Crippen molar-refractivity contribution in [3.8, 4) is 5.75 Å². The summed E-state index contributed by atoms with van der Waals surface area (Å²) in [6.45, 7) is 1.53. The molecule has 1 aromatic rings. The quantitative estimate of drug-likeness (QED) is 0.827. The van der Waals surface area contributed by atoms with E-state index < -0.39 is 0 Å². The third kappa shape index (κ3) is 3.78. The molecule has 1 aromatic carbocycles. The number of nitrogens with one attached hydrogen (secondary N) is 2. The molecule has 0 unspecified atom stereocenters. The molecule has 0 aromatic heterocycles. The molecule has 2 N–H and O–H groups in total. The second-order valence-electron chi connectivity index (χ2n) is 8.63. The Balaban J connectivity index is 1.20. The number of methoxy groups -OCH3 is 1. The minimum atomic E-state index is -0.00995. The van der Waals surface area contributed by atoms with Crippen molar-refractivity contribution in [1.82, 2.24) is 10.6 Å². The number of hydrogen-bond donors (Lipinski definition) is 2. The second kappa shape index (κ2) is 6.89. The number of amides is 2. The number of hydrogen-bond acceptors (Lipinski definition) is 2. The van der Waals surface area contributed by atoms with Gasteiger partial charge in [0.1, 0.15) is 5.75 Å². The summed E-state index contributed by atoms with van der Waals surface area (Å²) in [5.74, 6) is 3.67. The fraction of sp³-hybridized carbons (Fsp3) is 0.667. The van der Waals surface area contributed by atoms with Crippen LogP contribution < -0.4 is 15.4 Å². The normalized spacial score (nSPS) is 32.4. The summed E-state index contributed by atoms with van der Waals surface area (Å²) in [7, 11) is 1.67. The maximum absolute atomic E-state index is 12.2. The van der Waals surface area contributed by atoms with Gasteiger partial charge in [0.25, 0.3) is 0 Å². The molecule has 4 bridgehead atoms. The van der Waals surface area contributed by atoms with E-state index >= 15 is 0 Å². The molecule has 0 radical (unpaired) electrons. The van der Waals surface area contributed by atoms with Gasteiger partial charge in [0.05, 0.1) is 7.11 Å². The van der Waals surface area contributed by atoms with Crippen LogP contribution >= 0.6 is 0 Å². The summed E-state index contributed by atoms with van der Waals surface area (Å²) in [6, 6.07) is 8.01. The Bertz CT molecular complexity index is 576. The summed E-state index contributed by atoms with van der Waals surface area (Å²) < 4.78 is 5.16. The monoisotopic (exact) mass is 342 g/mol. The number of benzene rings is 1. The van der Waals surface area contributed by atoms with Crippen LogP contribution in [0.4, 0.5) is 4.79 Å². The molecule has 0 heterocycles. The van der Waals surface area contributed by atoms with E-state index in [9.17, 15) is 4.79 Å². The van der Waals surface area contributed by atoms with E-state index in [-0.39, 0.29) is 6.03 Å². The van der Waals surface area contributed by atoms with E-state index in [1.54, 1.807) is 7.11 Å². The van der Waals surface area contributed by atoms with Gasteiger partial charge in [0, 0.05) is 13.1 Å². The smallest absolute Gasteiger partial charge is 0.314 e. The van der Waals surface area contributed by atoms with Crippen molar-refractivity contribution in [2.75, 3.05) is 20.2 Å². The number of carbonyl (C=O) groups excluding carboxylic acids is 1. The van der Waals surface area contributed by atoms with Gasteiger partial charge in [0.2, 0.25) is 0 Å². The Morgan fingerprint density at radius 3 is 2.20 bits per heavy atom. The molecular weight excluding hydrogens is 312 g/mol. The van der Waals surface area contributed by atoms with Crippen LogP contribution in [0.15, 0.2) is 24.3 Å². The third-order valence-electron chi connectivity index (χ3n) is 6.65. The molecule has 25 heavy (non-hydrogen) atoms. The SMILES string of the molecule is COc1ccc(CCNC(=O)NCC23CC4CC(CC(C4)C2)C3)cc1. The molecule has 0 spiro atoms. The Kier molecular flexibility index (Phi) is 4.61. The summed E-state index contributed by atoms with van der Waals surface area (Å²) in [5, 5.41) is 6.19. The predicted octanol–water partition coefficient (Wildman–Crippen LogP) is 3.75. The number of carbonyl (C=O) groups is 1.